The van der Waals surface area contributed by atoms with Crippen LogP contribution in [0.15, 0.2) is 66.0 Å². The zero-order valence-electron chi connectivity index (χ0n) is 12.2. The van der Waals surface area contributed by atoms with Gasteiger partial charge in [0.25, 0.3) is 5.91 Å². The van der Waals surface area contributed by atoms with Gasteiger partial charge in [-0.05, 0) is 12.5 Å². The van der Waals surface area contributed by atoms with Crippen LogP contribution in [0.1, 0.15) is 29.0 Å². The molecule has 3 rings (SSSR count). The molecule has 110 valence electrons. The van der Waals surface area contributed by atoms with Gasteiger partial charge in [-0.15, -0.1) is 11.3 Å². The summed E-state index contributed by atoms with van der Waals surface area (Å²) in [6.07, 6.45) is 0. The van der Waals surface area contributed by atoms with Crippen molar-refractivity contribution in [3.8, 4) is 10.6 Å². The first-order chi connectivity index (χ1) is 10.7. The first-order valence-corrected chi connectivity index (χ1v) is 7.99. The monoisotopic (exact) mass is 308 g/mol. The van der Waals surface area contributed by atoms with Crippen molar-refractivity contribution >= 4 is 17.2 Å². The molecular formula is C18H16N2OS. The molecule has 2 aromatic carbocycles. The minimum atomic E-state index is -0.144. The Balaban J connectivity index is 1.72. The Kier molecular flexibility index (Phi) is 4.30. The molecule has 0 saturated carbocycles. The van der Waals surface area contributed by atoms with Crippen molar-refractivity contribution in [3.63, 3.8) is 0 Å². The highest BCUT2D eigenvalue weighted by Crippen LogP contribution is 2.23. The van der Waals surface area contributed by atoms with E-state index in [9.17, 15) is 4.79 Å². The summed E-state index contributed by atoms with van der Waals surface area (Å²) in [6, 6.07) is 19.7. The van der Waals surface area contributed by atoms with Crippen LogP contribution in [0.3, 0.4) is 0 Å². The highest BCUT2D eigenvalue weighted by Gasteiger charge is 2.14. The van der Waals surface area contributed by atoms with Crippen LogP contribution in [-0.4, -0.2) is 10.9 Å². The normalized spacial score (nSPS) is 11.9. The summed E-state index contributed by atoms with van der Waals surface area (Å²) in [5.41, 5.74) is 2.57. The number of aromatic nitrogens is 1. The molecule has 0 radical (unpaired) electrons. The lowest BCUT2D eigenvalue weighted by Gasteiger charge is -2.13. The minimum Gasteiger partial charge on any atom is -0.344 e. The summed E-state index contributed by atoms with van der Waals surface area (Å²) in [7, 11) is 0. The zero-order chi connectivity index (χ0) is 15.4. The Bertz CT molecular complexity index is 753. The third-order valence-electron chi connectivity index (χ3n) is 3.40. The number of hydrogen-bond donors (Lipinski definition) is 1. The van der Waals surface area contributed by atoms with E-state index in [4.69, 9.17) is 0 Å². The van der Waals surface area contributed by atoms with Crippen LogP contribution in [0.2, 0.25) is 0 Å². The maximum Gasteiger partial charge on any atom is 0.271 e. The lowest BCUT2D eigenvalue weighted by atomic mass is 10.1. The van der Waals surface area contributed by atoms with Crippen LogP contribution < -0.4 is 5.32 Å². The highest BCUT2D eigenvalue weighted by atomic mass is 32.1. The number of amides is 1. The molecule has 0 spiro atoms. The Morgan fingerprint density at radius 1 is 1.05 bits per heavy atom. The Morgan fingerprint density at radius 3 is 2.36 bits per heavy atom. The van der Waals surface area contributed by atoms with Crippen LogP contribution in [0.25, 0.3) is 10.6 Å². The fraction of sp³-hybridized carbons (Fsp3) is 0.111. The number of nitrogens with zero attached hydrogens (tertiary/aromatic N) is 1. The lowest BCUT2D eigenvalue weighted by Crippen LogP contribution is -2.26. The van der Waals surface area contributed by atoms with Gasteiger partial charge in [0.05, 0.1) is 6.04 Å². The maximum absolute atomic E-state index is 12.3. The molecule has 0 bridgehead atoms. The first kappa shape index (κ1) is 14.5. The van der Waals surface area contributed by atoms with E-state index in [2.05, 4.69) is 10.3 Å². The molecule has 0 aliphatic rings. The van der Waals surface area contributed by atoms with Gasteiger partial charge in [0, 0.05) is 10.9 Å². The fourth-order valence-electron chi connectivity index (χ4n) is 2.19. The van der Waals surface area contributed by atoms with E-state index in [1.807, 2.05) is 67.6 Å². The van der Waals surface area contributed by atoms with Crippen LogP contribution in [0.4, 0.5) is 0 Å². The lowest BCUT2D eigenvalue weighted by molar-refractivity contribution is 0.0935. The van der Waals surface area contributed by atoms with Gasteiger partial charge in [-0.1, -0.05) is 60.7 Å². The summed E-state index contributed by atoms with van der Waals surface area (Å²) in [6.45, 7) is 1.97. The Labute approximate surface area is 133 Å². The van der Waals surface area contributed by atoms with Crippen molar-refractivity contribution in [2.24, 2.45) is 0 Å². The van der Waals surface area contributed by atoms with Crippen molar-refractivity contribution in [3.05, 3.63) is 77.3 Å². The standard InChI is InChI=1S/C18H16N2OS/c1-13(14-8-4-2-5-9-14)19-17(21)16-12-22-18(20-16)15-10-6-3-7-11-15/h2-13H,1H3,(H,19,21)/t13-/m1/s1. The molecule has 0 aliphatic heterocycles. The molecule has 0 fully saturated rings. The van der Waals surface area contributed by atoms with Crippen molar-refractivity contribution in [2.75, 3.05) is 0 Å². The highest BCUT2D eigenvalue weighted by molar-refractivity contribution is 7.13. The van der Waals surface area contributed by atoms with Crippen molar-refractivity contribution < 1.29 is 4.79 Å². The van der Waals surface area contributed by atoms with Crippen LogP contribution in [0, 0.1) is 0 Å². The predicted octanol–water partition coefficient (Wildman–Crippen LogP) is 4.30. The molecule has 0 aliphatic carbocycles. The molecular weight excluding hydrogens is 292 g/mol. The van der Waals surface area contributed by atoms with Gasteiger partial charge in [0.1, 0.15) is 10.7 Å². The number of rotatable bonds is 4. The number of carbonyl (C=O) groups excluding carboxylic acids is 1. The number of benzene rings is 2. The SMILES string of the molecule is C[C@@H](NC(=O)c1csc(-c2ccccc2)n1)c1ccccc1. The van der Waals surface area contributed by atoms with Crippen molar-refractivity contribution in [1.29, 1.82) is 0 Å². The second-order valence-corrected chi connectivity index (χ2v) is 5.87. The summed E-state index contributed by atoms with van der Waals surface area (Å²) in [5, 5.41) is 5.64. The number of hydrogen-bond acceptors (Lipinski definition) is 3. The Morgan fingerprint density at radius 2 is 1.68 bits per heavy atom. The average molecular weight is 308 g/mol. The van der Waals surface area contributed by atoms with E-state index in [0.717, 1.165) is 16.1 Å². The van der Waals surface area contributed by atoms with Crippen LogP contribution in [-0.2, 0) is 0 Å². The molecule has 0 unspecified atom stereocenters. The largest absolute Gasteiger partial charge is 0.344 e. The minimum absolute atomic E-state index is 0.0458. The topological polar surface area (TPSA) is 42.0 Å². The number of thiazole rings is 1. The molecule has 22 heavy (non-hydrogen) atoms. The van der Waals surface area contributed by atoms with E-state index in [1.54, 1.807) is 5.38 Å². The maximum atomic E-state index is 12.3. The first-order valence-electron chi connectivity index (χ1n) is 7.11. The van der Waals surface area contributed by atoms with E-state index in [0.29, 0.717) is 5.69 Å². The van der Waals surface area contributed by atoms with Gasteiger partial charge in [0.2, 0.25) is 0 Å². The third kappa shape index (κ3) is 3.23. The van der Waals surface area contributed by atoms with E-state index >= 15 is 0 Å². The second-order valence-electron chi connectivity index (χ2n) is 5.01. The molecule has 3 nitrogen and oxygen atoms in total. The van der Waals surface area contributed by atoms with Gasteiger partial charge in [-0.2, -0.15) is 0 Å². The molecule has 1 heterocycles. The Hall–Kier alpha value is -2.46. The average Bonchev–Trinajstić information content (AvgIpc) is 3.06. The van der Waals surface area contributed by atoms with Crippen molar-refractivity contribution in [2.45, 2.75) is 13.0 Å². The van der Waals surface area contributed by atoms with Crippen molar-refractivity contribution in [1.82, 2.24) is 10.3 Å². The number of nitrogens with one attached hydrogen (secondary N) is 1. The van der Waals surface area contributed by atoms with E-state index in [-0.39, 0.29) is 11.9 Å². The van der Waals surface area contributed by atoms with Crippen LogP contribution in [0.5, 0.6) is 0 Å². The van der Waals surface area contributed by atoms with Gasteiger partial charge in [0.15, 0.2) is 0 Å². The molecule has 1 aromatic heterocycles. The molecule has 1 amide bonds. The molecule has 0 saturated heterocycles. The zero-order valence-corrected chi connectivity index (χ0v) is 13.0. The van der Waals surface area contributed by atoms with Crippen LogP contribution >= 0.6 is 11.3 Å². The quantitative estimate of drug-likeness (QED) is 0.780. The molecule has 1 N–H and O–H groups in total. The third-order valence-corrected chi connectivity index (χ3v) is 4.30. The number of carbonyl (C=O) groups is 1. The van der Waals surface area contributed by atoms with Gasteiger partial charge < -0.3 is 5.32 Å². The van der Waals surface area contributed by atoms with E-state index in [1.165, 1.54) is 11.3 Å². The second kappa shape index (κ2) is 6.54. The summed E-state index contributed by atoms with van der Waals surface area (Å²) in [5.74, 6) is -0.144. The molecule has 3 aromatic rings. The van der Waals surface area contributed by atoms with Gasteiger partial charge >= 0.3 is 0 Å². The predicted molar refractivity (Wildman–Crippen MR) is 89.9 cm³/mol. The summed E-state index contributed by atoms with van der Waals surface area (Å²) < 4.78 is 0. The molecule has 4 heteroatoms. The molecule has 1 atom stereocenters. The summed E-state index contributed by atoms with van der Waals surface area (Å²) >= 11 is 1.48. The van der Waals surface area contributed by atoms with Gasteiger partial charge in [-0.3, -0.25) is 4.79 Å². The van der Waals surface area contributed by atoms with Gasteiger partial charge in [-0.25, -0.2) is 4.98 Å². The smallest absolute Gasteiger partial charge is 0.271 e. The fourth-order valence-corrected chi connectivity index (χ4v) is 2.99. The summed E-state index contributed by atoms with van der Waals surface area (Å²) in [4.78, 5) is 16.7. The van der Waals surface area contributed by atoms with E-state index < -0.39 is 0 Å².